The summed E-state index contributed by atoms with van der Waals surface area (Å²) in [5.41, 5.74) is 0. The molecular weight excluding hydrogens is 208 g/mol. The van der Waals surface area contributed by atoms with Crippen molar-refractivity contribution in [2.45, 2.75) is 48.0 Å². The summed E-state index contributed by atoms with van der Waals surface area (Å²) in [4.78, 5) is 2.63. The largest absolute Gasteiger partial charge is 0.316 e. The molecule has 0 heterocycles. The van der Waals surface area contributed by atoms with Gasteiger partial charge in [-0.05, 0) is 37.3 Å². The molecular formula is C15H34N2. The van der Waals surface area contributed by atoms with Gasteiger partial charge in [0.15, 0.2) is 0 Å². The summed E-state index contributed by atoms with van der Waals surface area (Å²) in [7, 11) is 0. The van der Waals surface area contributed by atoms with Crippen LogP contribution in [0.5, 0.6) is 0 Å². The second kappa shape index (κ2) is 9.90. The van der Waals surface area contributed by atoms with Crippen molar-refractivity contribution >= 4 is 0 Å². The second-order valence-corrected chi connectivity index (χ2v) is 6.32. The van der Waals surface area contributed by atoms with Crippen molar-refractivity contribution in [3.8, 4) is 0 Å². The lowest BCUT2D eigenvalue weighted by molar-refractivity contribution is 0.191. The normalized spacial score (nSPS) is 13.9. The second-order valence-electron chi connectivity index (χ2n) is 6.32. The fourth-order valence-corrected chi connectivity index (χ4v) is 2.29. The molecule has 1 atom stereocenters. The molecule has 0 fully saturated rings. The zero-order valence-electron chi connectivity index (χ0n) is 12.9. The van der Waals surface area contributed by atoms with Crippen LogP contribution in [0.15, 0.2) is 0 Å². The lowest BCUT2D eigenvalue weighted by Crippen LogP contribution is -2.37. The van der Waals surface area contributed by atoms with Gasteiger partial charge < -0.3 is 10.2 Å². The summed E-state index contributed by atoms with van der Waals surface area (Å²) in [6.07, 6.45) is 1.23. The van der Waals surface area contributed by atoms with Crippen LogP contribution in [-0.4, -0.2) is 37.6 Å². The Hall–Kier alpha value is -0.0800. The molecule has 2 heteroatoms. The third kappa shape index (κ3) is 10.8. The van der Waals surface area contributed by atoms with Crippen molar-refractivity contribution in [1.29, 1.82) is 0 Å². The highest BCUT2D eigenvalue weighted by molar-refractivity contribution is 4.67. The van der Waals surface area contributed by atoms with Gasteiger partial charge in [-0.25, -0.2) is 0 Å². The van der Waals surface area contributed by atoms with Crippen LogP contribution in [-0.2, 0) is 0 Å². The smallest absolute Gasteiger partial charge is 0.00194 e. The number of hydrogen-bond donors (Lipinski definition) is 1. The zero-order valence-corrected chi connectivity index (χ0v) is 12.9. The van der Waals surface area contributed by atoms with Crippen LogP contribution < -0.4 is 5.32 Å². The van der Waals surface area contributed by atoms with Gasteiger partial charge in [0.1, 0.15) is 0 Å². The minimum Gasteiger partial charge on any atom is -0.316 e. The molecule has 0 saturated heterocycles. The first kappa shape index (κ1) is 16.9. The van der Waals surface area contributed by atoms with E-state index in [9.17, 15) is 0 Å². The van der Waals surface area contributed by atoms with E-state index in [0.29, 0.717) is 0 Å². The van der Waals surface area contributed by atoms with Crippen LogP contribution in [0.3, 0.4) is 0 Å². The molecule has 0 aromatic heterocycles. The Balaban J connectivity index is 3.94. The first-order chi connectivity index (χ1) is 7.95. The SMILES string of the molecule is CCCNCC(C)CN(CC(C)C)CC(C)C. The van der Waals surface area contributed by atoms with Gasteiger partial charge in [0.05, 0.1) is 0 Å². The Labute approximate surface area is 109 Å². The highest BCUT2D eigenvalue weighted by Crippen LogP contribution is 2.07. The summed E-state index contributed by atoms with van der Waals surface area (Å²) in [5, 5.41) is 3.52. The molecule has 0 rings (SSSR count). The summed E-state index contributed by atoms with van der Waals surface area (Å²) in [5.74, 6) is 2.29. The Morgan fingerprint density at radius 2 is 1.41 bits per heavy atom. The van der Waals surface area contributed by atoms with Crippen LogP contribution in [0.25, 0.3) is 0 Å². The number of nitrogens with zero attached hydrogens (tertiary/aromatic N) is 1. The van der Waals surface area contributed by atoms with Gasteiger partial charge in [-0.15, -0.1) is 0 Å². The van der Waals surface area contributed by atoms with Gasteiger partial charge in [0.2, 0.25) is 0 Å². The predicted octanol–water partition coefficient (Wildman–Crippen LogP) is 3.24. The van der Waals surface area contributed by atoms with Gasteiger partial charge >= 0.3 is 0 Å². The molecule has 0 radical (unpaired) electrons. The average Bonchev–Trinajstić information content (AvgIpc) is 2.15. The Bertz CT molecular complexity index is 156. The first-order valence-electron chi connectivity index (χ1n) is 7.38. The van der Waals surface area contributed by atoms with Gasteiger partial charge in [-0.2, -0.15) is 0 Å². The summed E-state index contributed by atoms with van der Waals surface area (Å²) >= 11 is 0. The van der Waals surface area contributed by atoms with E-state index in [1.807, 2.05) is 0 Å². The lowest BCUT2D eigenvalue weighted by atomic mass is 10.1. The van der Waals surface area contributed by atoms with Crippen LogP contribution in [0.2, 0.25) is 0 Å². The standard InChI is InChI=1S/C15H34N2/c1-7-8-16-9-15(6)12-17(10-13(2)3)11-14(4)5/h13-16H,7-12H2,1-6H3. The number of nitrogens with one attached hydrogen (secondary N) is 1. The third-order valence-electron chi connectivity index (χ3n) is 2.74. The monoisotopic (exact) mass is 242 g/mol. The van der Waals surface area contributed by atoms with E-state index in [4.69, 9.17) is 0 Å². The highest BCUT2D eigenvalue weighted by atomic mass is 15.1. The quantitative estimate of drug-likeness (QED) is 0.592. The third-order valence-corrected chi connectivity index (χ3v) is 2.74. The zero-order chi connectivity index (χ0) is 13.3. The molecule has 1 N–H and O–H groups in total. The Morgan fingerprint density at radius 3 is 1.82 bits per heavy atom. The molecule has 0 aromatic rings. The molecule has 0 amide bonds. The molecule has 0 aliphatic carbocycles. The Morgan fingerprint density at radius 1 is 0.882 bits per heavy atom. The molecule has 1 unspecified atom stereocenters. The molecule has 0 aromatic carbocycles. The highest BCUT2D eigenvalue weighted by Gasteiger charge is 2.12. The maximum Gasteiger partial charge on any atom is 0.00194 e. The molecule has 0 bridgehead atoms. The van der Waals surface area contributed by atoms with Gasteiger partial charge in [-0.3, -0.25) is 0 Å². The fourth-order valence-electron chi connectivity index (χ4n) is 2.29. The van der Waals surface area contributed by atoms with E-state index in [-0.39, 0.29) is 0 Å². The molecule has 104 valence electrons. The van der Waals surface area contributed by atoms with E-state index < -0.39 is 0 Å². The minimum absolute atomic E-state index is 0.749. The molecule has 0 saturated carbocycles. The van der Waals surface area contributed by atoms with Crippen molar-refractivity contribution in [3.63, 3.8) is 0 Å². The van der Waals surface area contributed by atoms with Crippen molar-refractivity contribution in [2.24, 2.45) is 17.8 Å². The number of hydrogen-bond acceptors (Lipinski definition) is 2. The van der Waals surface area contributed by atoms with Gasteiger partial charge in [0, 0.05) is 19.6 Å². The molecule has 2 nitrogen and oxygen atoms in total. The molecule has 0 aliphatic heterocycles. The number of rotatable bonds is 10. The van der Waals surface area contributed by atoms with Gasteiger partial charge in [0.25, 0.3) is 0 Å². The predicted molar refractivity (Wildman–Crippen MR) is 78.4 cm³/mol. The van der Waals surface area contributed by atoms with Crippen LogP contribution in [0.4, 0.5) is 0 Å². The molecule has 0 aliphatic rings. The summed E-state index contributed by atoms with van der Waals surface area (Å²) in [6.45, 7) is 19.8. The van der Waals surface area contributed by atoms with E-state index >= 15 is 0 Å². The Kier molecular flexibility index (Phi) is 9.85. The van der Waals surface area contributed by atoms with Gasteiger partial charge in [-0.1, -0.05) is 41.5 Å². The first-order valence-corrected chi connectivity index (χ1v) is 7.38. The van der Waals surface area contributed by atoms with E-state index in [1.54, 1.807) is 0 Å². The van der Waals surface area contributed by atoms with Crippen molar-refractivity contribution in [2.75, 3.05) is 32.7 Å². The van der Waals surface area contributed by atoms with Crippen molar-refractivity contribution < 1.29 is 0 Å². The van der Waals surface area contributed by atoms with Crippen LogP contribution in [0.1, 0.15) is 48.0 Å². The lowest BCUT2D eigenvalue weighted by Gasteiger charge is -2.29. The average molecular weight is 242 g/mol. The molecule has 0 spiro atoms. The van der Waals surface area contributed by atoms with Crippen molar-refractivity contribution in [1.82, 2.24) is 10.2 Å². The van der Waals surface area contributed by atoms with E-state index in [1.165, 1.54) is 26.1 Å². The fraction of sp³-hybridized carbons (Fsp3) is 1.00. The maximum atomic E-state index is 3.52. The van der Waals surface area contributed by atoms with Crippen molar-refractivity contribution in [3.05, 3.63) is 0 Å². The summed E-state index contributed by atoms with van der Waals surface area (Å²) in [6, 6.07) is 0. The summed E-state index contributed by atoms with van der Waals surface area (Å²) < 4.78 is 0. The maximum absolute atomic E-state index is 3.52. The van der Waals surface area contributed by atoms with Crippen LogP contribution in [0, 0.1) is 17.8 Å². The van der Waals surface area contributed by atoms with E-state index in [0.717, 1.165) is 30.8 Å². The topological polar surface area (TPSA) is 15.3 Å². The molecule has 17 heavy (non-hydrogen) atoms. The van der Waals surface area contributed by atoms with Crippen LogP contribution >= 0.6 is 0 Å². The minimum atomic E-state index is 0.749. The van der Waals surface area contributed by atoms with E-state index in [2.05, 4.69) is 51.8 Å².